The van der Waals surface area contributed by atoms with E-state index in [0.29, 0.717) is 18.4 Å². The Morgan fingerprint density at radius 1 is 1.23 bits per heavy atom. The summed E-state index contributed by atoms with van der Waals surface area (Å²) in [5.74, 6) is 3.95. The van der Waals surface area contributed by atoms with Crippen molar-refractivity contribution in [3.8, 4) is 11.8 Å². The van der Waals surface area contributed by atoms with Crippen molar-refractivity contribution in [2.24, 2.45) is 0 Å². The fourth-order valence-electron chi connectivity index (χ4n) is 2.43. The van der Waals surface area contributed by atoms with Crippen LogP contribution < -0.4 is 5.32 Å². The van der Waals surface area contributed by atoms with Crippen LogP contribution in [0.1, 0.15) is 50.7 Å². The quantitative estimate of drug-likeness (QED) is 0.714. The summed E-state index contributed by atoms with van der Waals surface area (Å²) in [6.07, 6.45) is 1.03. The number of carbonyl (C=O) groups is 1. The fraction of sp³-hybridized carbons (Fsp3) is 0.450. The van der Waals surface area contributed by atoms with Gasteiger partial charge in [-0.1, -0.05) is 62.8 Å². The Hall–Kier alpha value is -2.26. The van der Waals surface area contributed by atoms with E-state index in [-0.39, 0.29) is 6.54 Å². The summed E-state index contributed by atoms with van der Waals surface area (Å²) in [5, 5.41) is 12.3. The number of alkyl halides is 3. The predicted octanol–water partition coefficient (Wildman–Crippen LogP) is 4.06. The van der Waals surface area contributed by atoms with Gasteiger partial charge in [-0.3, -0.25) is 4.79 Å². The third-order valence-corrected chi connectivity index (χ3v) is 3.60. The van der Waals surface area contributed by atoms with Gasteiger partial charge < -0.3 is 10.4 Å². The minimum absolute atomic E-state index is 0.221. The van der Waals surface area contributed by atoms with E-state index in [0.717, 1.165) is 18.4 Å². The van der Waals surface area contributed by atoms with E-state index in [1.807, 2.05) is 13.8 Å². The molecule has 2 N–H and O–H groups in total. The minimum Gasteiger partial charge on any atom is -0.378 e. The Labute approximate surface area is 152 Å². The topological polar surface area (TPSA) is 49.3 Å². The molecule has 1 aromatic carbocycles. The van der Waals surface area contributed by atoms with Gasteiger partial charge in [0.2, 0.25) is 0 Å². The number of nitrogens with one attached hydrogen (secondary N) is 1. The van der Waals surface area contributed by atoms with Gasteiger partial charge in [-0.25, -0.2) is 0 Å². The second-order valence-electron chi connectivity index (χ2n) is 6.02. The Balaban J connectivity index is 2.75. The maximum atomic E-state index is 12.1. The van der Waals surface area contributed by atoms with Crippen molar-refractivity contribution in [1.82, 2.24) is 5.32 Å². The molecule has 0 aliphatic heterocycles. The number of rotatable bonds is 7. The molecule has 0 saturated heterocycles. The molecule has 0 atom stereocenters. The van der Waals surface area contributed by atoms with Crippen LogP contribution in [0.15, 0.2) is 30.3 Å². The van der Waals surface area contributed by atoms with Crippen molar-refractivity contribution in [2.75, 3.05) is 6.54 Å². The maximum absolute atomic E-state index is 12.1. The number of halogens is 3. The molecule has 0 aliphatic rings. The second kappa shape index (κ2) is 10.0. The molecule has 0 bridgehead atoms. The van der Waals surface area contributed by atoms with Gasteiger partial charge >= 0.3 is 12.1 Å². The minimum atomic E-state index is -4.88. The van der Waals surface area contributed by atoms with E-state index in [1.165, 1.54) is 6.08 Å². The molecular formula is C20H24F3NO2. The highest BCUT2D eigenvalue weighted by Gasteiger charge is 2.37. The number of aliphatic hydroxyl groups is 1. The second-order valence-corrected chi connectivity index (χ2v) is 6.02. The molecule has 1 rings (SSSR count). The molecule has 0 fully saturated rings. The van der Waals surface area contributed by atoms with E-state index in [4.69, 9.17) is 0 Å². The highest BCUT2D eigenvalue weighted by Crippen LogP contribution is 2.19. The SMILES string of the molecule is CCCC(O)(C#Cc1cccc(C=CCNC(=O)C(F)(F)F)c1)CCC. The zero-order valence-corrected chi connectivity index (χ0v) is 15.0. The van der Waals surface area contributed by atoms with Crippen LogP contribution in [0.2, 0.25) is 0 Å². The monoisotopic (exact) mass is 367 g/mol. The average Bonchev–Trinajstić information content (AvgIpc) is 2.57. The Bertz CT molecular complexity index is 678. The lowest BCUT2D eigenvalue weighted by atomic mass is 9.93. The highest BCUT2D eigenvalue weighted by molar-refractivity contribution is 5.81. The summed E-state index contributed by atoms with van der Waals surface area (Å²) in [5.41, 5.74) is 0.446. The number of hydrogen-bond acceptors (Lipinski definition) is 2. The van der Waals surface area contributed by atoms with E-state index >= 15 is 0 Å². The first-order chi connectivity index (χ1) is 12.2. The number of benzene rings is 1. The van der Waals surface area contributed by atoms with Gasteiger partial charge in [0.15, 0.2) is 0 Å². The molecule has 0 saturated carbocycles. The summed E-state index contributed by atoms with van der Waals surface area (Å²) in [6.45, 7) is 3.76. The van der Waals surface area contributed by atoms with Gasteiger partial charge in [0.1, 0.15) is 5.60 Å². The van der Waals surface area contributed by atoms with Crippen LogP contribution in [0.3, 0.4) is 0 Å². The van der Waals surface area contributed by atoms with E-state index in [9.17, 15) is 23.1 Å². The predicted molar refractivity (Wildman–Crippen MR) is 96.2 cm³/mol. The Kier molecular flexibility index (Phi) is 8.40. The zero-order valence-electron chi connectivity index (χ0n) is 15.0. The van der Waals surface area contributed by atoms with Crippen LogP contribution in [-0.4, -0.2) is 29.3 Å². The van der Waals surface area contributed by atoms with Gasteiger partial charge in [0.05, 0.1) is 0 Å². The van der Waals surface area contributed by atoms with Crippen LogP contribution >= 0.6 is 0 Å². The molecule has 0 unspecified atom stereocenters. The molecule has 0 heterocycles. The number of carbonyl (C=O) groups excluding carboxylic acids is 1. The summed E-state index contributed by atoms with van der Waals surface area (Å²) < 4.78 is 36.2. The fourth-order valence-corrected chi connectivity index (χ4v) is 2.43. The van der Waals surface area contributed by atoms with Crippen molar-refractivity contribution >= 4 is 12.0 Å². The largest absolute Gasteiger partial charge is 0.471 e. The van der Waals surface area contributed by atoms with E-state index in [2.05, 4.69) is 11.8 Å². The van der Waals surface area contributed by atoms with Crippen LogP contribution in [0, 0.1) is 11.8 Å². The van der Waals surface area contributed by atoms with Gasteiger partial charge in [0.25, 0.3) is 0 Å². The van der Waals surface area contributed by atoms with Crippen molar-refractivity contribution in [2.45, 2.75) is 51.3 Å². The Morgan fingerprint density at radius 3 is 2.46 bits per heavy atom. The highest BCUT2D eigenvalue weighted by atomic mass is 19.4. The van der Waals surface area contributed by atoms with Crippen molar-refractivity contribution in [3.05, 3.63) is 41.5 Å². The molecule has 26 heavy (non-hydrogen) atoms. The van der Waals surface area contributed by atoms with Crippen LogP contribution in [0.4, 0.5) is 13.2 Å². The van der Waals surface area contributed by atoms with E-state index < -0.39 is 17.7 Å². The summed E-state index contributed by atoms with van der Waals surface area (Å²) in [7, 11) is 0. The van der Waals surface area contributed by atoms with Crippen molar-refractivity contribution in [3.63, 3.8) is 0 Å². The molecule has 0 aliphatic carbocycles. The molecule has 3 nitrogen and oxygen atoms in total. The molecule has 0 aromatic heterocycles. The first-order valence-corrected chi connectivity index (χ1v) is 8.57. The first-order valence-electron chi connectivity index (χ1n) is 8.57. The molecule has 142 valence electrons. The maximum Gasteiger partial charge on any atom is 0.471 e. The lowest BCUT2D eigenvalue weighted by Crippen LogP contribution is -2.36. The summed E-state index contributed by atoms with van der Waals surface area (Å²) in [4.78, 5) is 10.7. The van der Waals surface area contributed by atoms with Gasteiger partial charge in [-0.15, -0.1) is 0 Å². The Morgan fingerprint density at radius 2 is 1.88 bits per heavy atom. The van der Waals surface area contributed by atoms with Crippen molar-refractivity contribution < 1.29 is 23.1 Å². The molecule has 1 amide bonds. The number of amides is 1. The van der Waals surface area contributed by atoms with Gasteiger partial charge in [0, 0.05) is 12.1 Å². The normalized spacial score (nSPS) is 11.9. The van der Waals surface area contributed by atoms with Gasteiger partial charge in [-0.2, -0.15) is 13.2 Å². The van der Waals surface area contributed by atoms with Crippen molar-refractivity contribution in [1.29, 1.82) is 0 Å². The summed E-state index contributed by atoms with van der Waals surface area (Å²) in [6, 6.07) is 7.12. The number of hydrogen-bond donors (Lipinski definition) is 2. The average molecular weight is 367 g/mol. The molecule has 0 radical (unpaired) electrons. The lowest BCUT2D eigenvalue weighted by Gasteiger charge is -2.20. The van der Waals surface area contributed by atoms with Gasteiger partial charge in [-0.05, 0) is 30.5 Å². The summed E-state index contributed by atoms with van der Waals surface area (Å²) >= 11 is 0. The smallest absolute Gasteiger partial charge is 0.378 e. The molecular weight excluding hydrogens is 343 g/mol. The zero-order chi connectivity index (χ0) is 19.6. The first kappa shape index (κ1) is 21.8. The molecule has 6 heteroatoms. The van der Waals surface area contributed by atoms with Crippen LogP contribution in [-0.2, 0) is 4.79 Å². The lowest BCUT2D eigenvalue weighted by molar-refractivity contribution is -0.173. The van der Waals surface area contributed by atoms with Crippen LogP contribution in [0.5, 0.6) is 0 Å². The van der Waals surface area contributed by atoms with Crippen LogP contribution in [0.25, 0.3) is 6.08 Å². The third-order valence-electron chi connectivity index (χ3n) is 3.60. The van der Waals surface area contributed by atoms with E-state index in [1.54, 1.807) is 35.7 Å². The molecule has 1 aromatic rings. The third kappa shape index (κ3) is 7.75. The standard InChI is InChI=1S/C20H24F3NO2/c1-3-11-19(26,12-4-2)13-10-17-8-5-7-16(15-17)9-6-14-24-18(25)20(21,22)23/h5-9,15,26H,3-4,11-12,14H2,1-2H3,(H,24,25). The molecule has 0 spiro atoms.